The van der Waals surface area contributed by atoms with E-state index in [0.717, 1.165) is 5.57 Å². The first-order valence-electron chi connectivity index (χ1n) is 10.7. The number of carbonyl (C=O) groups excluding carboxylic acids is 1. The summed E-state index contributed by atoms with van der Waals surface area (Å²) in [5, 5.41) is 50.0. The lowest BCUT2D eigenvalue weighted by atomic mass is 9.87. The van der Waals surface area contributed by atoms with E-state index in [1.165, 1.54) is 0 Å². The molecule has 0 aromatic rings. The maximum absolute atomic E-state index is 11.8. The molecule has 172 valence electrons. The van der Waals surface area contributed by atoms with Gasteiger partial charge in [0.25, 0.3) is 0 Å². The molecule has 2 heterocycles. The molecule has 2 saturated heterocycles. The van der Waals surface area contributed by atoms with E-state index < -0.39 is 49.5 Å². The molecule has 3 rings (SSSR count). The van der Waals surface area contributed by atoms with Crippen LogP contribution >= 0.6 is 0 Å². The Morgan fingerprint density at radius 3 is 2.57 bits per heavy atom. The van der Waals surface area contributed by atoms with Crippen LogP contribution in [0.1, 0.15) is 40.0 Å². The summed E-state index contributed by atoms with van der Waals surface area (Å²) in [7, 11) is 0. The van der Waals surface area contributed by atoms with Crippen LogP contribution in [0.5, 0.6) is 0 Å². The molecule has 2 unspecified atom stereocenters. The van der Waals surface area contributed by atoms with Crippen molar-refractivity contribution in [2.75, 3.05) is 6.61 Å². The van der Waals surface area contributed by atoms with Crippen molar-refractivity contribution >= 4 is 5.97 Å². The molecule has 0 amide bonds. The predicted molar refractivity (Wildman–Crippen MR) is 104 cm³/mol. The number of aliphatic hydroxyl groups is 5. The second-order valence-electron chi connectivity index (χ2n) is 8.90. The monoisotopic (exact) mass is 430 g/mol. The zero-order valence-electron chi connectivity index (χ0n) is 17.6. The Labute approximate surface area is 176 Å². The van der Waals surface area contributed by atoms with E-state index in [1.807, 2.05) is 19.9 Å². The smallest absolute Gasteiger partial charge is 0.309 e. The molecule has 0 aromatic heterocycles. The van der Waals surface area contributed by atoms with E-state index >= 15 is 0 Å². The Morgan fingerprint density at radius 1 is 1.20 bits per heavy atom. The fourth-order valence-corrected chi connectivity index (χ4v) is 4.76. The highest BCUT2D eigenvalue weighted by Gasteiger charge is 2.45. The quantitative estimate of drug-likeness (QED) is 0.277. The maximum Gasteiger partial charge on any atom is 0.309 e. The number of fused-ring (bicyclic) bond motifs is 1. The number of allylic oxidation sites excluding steroid dienone is 1. The van der Waals surface area contributed by atoms with E-state index in [2.05, 4.69) is 0 Å². The second-order valence-corrected chi connectivity index (χ2v) is 8.90. The van der Waals surface area contributed by atoms with Gasteiger partial charge in [0.2, 0.25) is 0 Å². The topological polar surface area (TPSA) is 146 Å². The van der Waals surface area contributed by atoms with Crippen molar-refractivity contribution in [3.8, 4) is 0 Å². The number of hydrogen-bond acceptors (Lipinski definition) is 9. The Bertz CT molecular complexity index is 636. The molecule has 11 atom stereocenters. The van der Waals surface area contributed by atoms with Crippen LogP contribution < -0.4 is 0 Å². The standard InChI is InChI=1S/C21H34O9/c1-9-6-15-13(11(3)20(27)29-15)5-4-12(9)14(23)7-10(2)28-21-19(26)18(25)17(24)16(8-22)30-21/h4,9-11,13-19,21-26H,5-8H2,1-3H3/t9-,10?,11-,13+,14?,15+,16+,17+,18-,19+,21+/m0/s1. The summed E-state index contributed by atoms with van der Waals surface area (Å²) in [5.41, 5.74) is 0.872. The van der Waals surface area contributed by atoms with Gasteiger partial charge in [-0.05, 0) is 31.3 Å². The lowest BCUT2D eigenvalue weighted by Gasteiger charge is -2.40. The minimum absolute atomic E-state index is 0.0348. The molecule has 0 radical (unpaired) electrons. The normalized spacial score (nSPS) is 43.9. The van der Waals surface area contributed by atoms with Gasteiger partial charge in [-0.25, -0.2) is 0 Å². The van der Waals surface area contributed by atoms with Gasteiger partial charge in [-0.15, -0.1) is 0 Å². The van der Waals surface area contributed by atoms with Crippen LogP contribution in [0.2, 0.25) is 0 Å². The molecule has 2 aliphatic heterocycles. The van der Waals surface area contributed by atoms with Crippen molar-refractivity contribution in [3.05, 3.63) is 11.6 Å². The fraction of sp³-hybridized carbons (Fsp3) is 0.857. The summed E-state index contributed by atoms with van der Waals surface area (Å²) in [4.78, 5) is 11.8. The van der Waals surface area contributed by atoms with Crippen LogP contribution in [0.3, 0.4) is 0 Å². The van der Waals surface area contributed by atoms with E-state index in [1.54, 1.807) is 6.92 Å². The molecule has 3 aliphatic rings. The van der Waals surface area contributed by atoms with Crippen LogP contribution in [-0.4, -0.2) is 87.1 Å². The van der Waals surface area contributed by atoms with Gasteiger partial charge in [-0.2, -0.15) is 0 Å². The lowest BCUT2D eigenvalue weighted by molar-refractivity contribution is -0.311. The van der Waals surface area contributed by atoms with Crippen LogP contribution in [0.25, 0.3) is 0 Å². The number of aliphatic hydroxyl groups excluding tert-OH is 5. The summed E-state index contributed by atoms with van der Waals surface area (Å²) in [6, 6.07) is 0. The third-order valence-corrected chi connectivity index (χ3v) is 6.69. The van der Waals surface area contributed by atoms with Gasteiger partial charge >= 0.3 is 5.97 Å². The highest BCUT2D eigenvalue weighted by molar-refractivity contribution is 5.74. The highest BCUT2D eigenvalue weighted by atomic mass is 16.7. The van der Waals surface area contributed by atoms with Gasteiger partial charge in [-0.1, -0.05) is 19.9 Å². The lowest BCUT2D eigenvalue weighted by Crippen LogP contribution is -2.59. The first kappa shape index (κ1) is 23.6. The van der Waals surface area contributed by atoms with E-state index in [9.17, 15) is 30.3 Å². The molecule has 0 aromatic carbocycles. The zero-order valence-corrected chi connectivity index (χ0v) is 17.6. The number of esters is 1. The van der Waals surface area contributed by atoms with Crippen molar-refractivity contribution in [1.29, 1.82) is 0 Å². The molecular weight excluding hydrogens is 396 g/mol. The molecule has 9 heteroatoms. The minimum atomic E-state index is -1.51. The second kappa shape index (κ2) is 9.60. The average molecular weight is 430 g/mol. The van der Waals surface area contributed by atoms with E-state index in [0.29, 0.717) is 12.8 Å². The number of carbonyl (C=O) groups is 1. The third kappa shape index (κ3) is 4.72. The molecular formula is C21H34O9. The van der Waals surface area contributed by atoms with E-state index in [4.69, 9.17) is 14.2 Å². The summed E-state index contributed by atoms with van der Waals surface area (Å²) < 4.78 is 16.5. The van der Waals surface area contributed by atoms with Crippen LogP contribution in [0, 0.1) is 17.8 Å². The first-order valence-corrected chi connectivity index (χ1v) is 10.7. The summed E-state index contributed by atoms with van der Waals surface area (Å²) in [6.07, 6.45) is -4.61. The third-order valence-electron chi connectivity index (χ3n) is 6.69. The number of rotatable bonds is 6. The van der Waals surface area contributed by atoms with Gasteiger partial charge in [-0.3, -0.25) is 4.79 Å². The molecule has 5 N–H and O–H groups in total. The largest absolute Gasteiger partial charge is 0.462 e. The van der Waals surface area contributed by atoms with Crippen molar-refractivity contribution < 1.29 is 44.5 Å². The van der Waals surface area contributed by atoms with Crippen LogP contribution in [0.15, 0.2) is 11.6 Å². The van der Waals surface area contributed by atoms with Gasteiger partial charge in [0.1, 0.15) is 30.5 Å². The first-order chi connectivity index (χ1) is 14.1. The average Bonchev–Trinajstić information content (AvgIpc) is 2.85. The SMILES string of the molecule is CC(CC(O)C1=CC[C@@H]2[C@H](C)C(=O)O[C@@H]2C[C@@H]1C)O[C@@H]1O[C@H](CO)[C@@H](O)[C@H](O)[C@H]1O. The maximum atomic E-state index is 11.8. The summed E-state index contributed by atoms with van der Waals surface area (Å²) in [5.74, 6) is -0.153. The molecule has 0 saturated carbocycles. The number of ether oxygens (including phenoxy) is 3. The molecule has 30 heavy (non-hydrogen) atoms. The van der Waals surface area contributed by atoms with Gasteiger partial charge in [0.05, 0.1) is 24.7 Å². The van der Waals surface area contributed by atoms with Crippen LogP contribution in [-0.2, 0) is 19.0 Å². The fourth-order valence-electron chi connectivity index (χ4n) is 4.76. The molecule has 1 aliphatic carbocycles. The number of hydrogen-bond donors (Lipinski definition) is 5. The van der Waals surface area contributed by atoms with Gasteiger partial charge in [0, 0.05) is 12.3 Å². The van der Waals surface area contributed by atoms with Crippen molar-refractivity contribution in [1.82, 2.24) is 0 Å². The van der Waals surface area contributed by atoms with Crippen molar-refractivity contribution in [2.45, 2.75) is 89.1 Å². The van der Waals surface area contributed by atoms with E-state index in [-0.39, 0.29) is 36.2 Å². The van der Waals surface area contributed by atoms with Gasteiger partial charge in [0.15, 0.2) is 6.29 Å². The Balaban J connectivity index is 1.59. The molecule has 0 bridgehead atoms. The minimum Gasteiger partial charge on any atom is -0.462 e. The Kier molecular flexibility index (Phi) is 7.55. The Hall–Kier alpha value is -1.07. The molecule has 2 fully saturated rings. The summed E-state index contributed by atoms with van der Waals surface area (Å²) in [6.45, 7) is 5.06. The van der Waals surface area contributed by atoms with Crippen molar-refractivity contribution in [2.24, 2.45) is 17.8 Å². The molecule has 9 nitrogen and oxygen atoms in total. The van der Waals surface area contributed by atoms with Crippen molar-refractivity contribution in [3.63, 3.8) is 0 Å². The van der Waals surface area contributed by atoms with Crippen LogP contribution in [0.4, 0.5) is 0 Å². The van der Waals surface area contributed by atoms with Gasteiger partial charge < -0.3 is 39.7 Å². The Morgan fingerprint density at radius 2 is 1.90 bits per heavy atom. The predicted octanol–water partition coefficient (Wildman–Crippen LogP) is -0.524. The molecule has 0 spiro atoms. The highest BCUT2D eigenvalue weighted by Crippen LogP contribution is 2.40. The summed E-state index contributed by atoms with van der Waals surface area (Å²) >= 11 is 0. The zero-order chi connectivity index (χ0) is 22.2.